The van der Waals surface area contributed by atoms with Crippen LogP contribution in [0.1, 0.15) is 21.6 Å². The Balaban J connectivity index is 2.30. The predicted molar refractivity (Wildman–Crippen MR) is 71.6 cm³/mol. The van der Waals surface area contributed by atoms with E-state index in [2.05, 4.69) is 10.3 Å². The second-order valence-electron chi connectivity index (χ2n) is 4.33. The number of aromatic nitrogens is 2. The molecule has 0 aliphatic carbocycles. The van der Waals surface area contributed by atoms with E-state index in [0.717, 1.165) is 17.2 Å². The molecule has 1 amide bonds. The summed E-state index contributed by atoms with van der Waals surface area (Å²) in [6.45, 7) is 3.83. The average molecular weight is 259 g/mol. The van der Waals surface area contributed by atoms with Crippen LogP contribution in [0, 0.1) is 13.8 Å². The minimum atomic E-state index is -0.710. The molecule has 0 aliphatic heterocycles. The molecule has 0 spiro atoms. The third-order valence-electron chi connectivity index (χ3n) is 2.48. The van der Waals surface area contributed by atoms with Gasteiger partial charge in [-0.1, -0.05) is 6.07 Å². The number of benzene rings is 1. The number of hydrogen-bond donors (Lipinski definition) is 3. The van der Waals surface area contributed by atoms with Gasteiger partial charge in [-0.25, -0.2) is 4.79 Å². The number of aromatic amines is 2. The second-order valence-corrected chi connectivity index (χ2v) is 4.33. The standard InChI is InChI=1S/C13H13N3O3/c1-7-3-8(2)5-9(4-7)14-12(18)10-6-11(17)16-13(19)15-10/h3-6H,1-2H3,(H,14,18)(H2,15,16,17,19). The highest BCUT2D eigenvalue weighted by Crippen LogP contribution is 2.14. The molecule has 0 aliphatic rings. The van der Waals surface area contributed by atoms with Gasteiger partial charge in [-0.15, -0.1) is 0 Å². The largest absolute Gasteiger partial charge is 0.326 e. The molecule has 1 aromatic carbocycles. The Hall–Kier alpha value is -2.63. The van der Waals surface area contributed by atoms with E-state index in [1.165, 1.54) is 0 Å². The fourth-order valence-electron chi connectivity index (χ4n) is 1.84. The Bertz CT molecular complexity index is 695. The third kappa shape index (κ3) is 3.19. The Morgan fingerprint density at radius 1 is 1.00 bits per heavy atom. The van der Waals surface area contributed by atoms with Crippen molar-refractivity contribution in [1.29, 1.82) is 0 Å². The van der Waals surface area contributed by atoms with Crippen molar-refractivity contribution in [3.8, 4) is 0 Å². The number of carbonyl (C=O) groups is 1. The van der Waals surface area contributed by atoms with Gasteiger partial charge < -0.3 is 10.3 Å². The molecule has 0 atom stereocenters. The number of anilines is 1. The molecule has 0 bridgehead atoms. The van der Waals surface area contributed by atoms with E-state index >= 15 is 0 Å². The summed E-state index contributed by atoms with van der Waals surface area (Å²) in [5.74, 6) is -0.534. The van der Waals surface area contributed by atoms with Crippen LogP contribution in [0.2, 0.25) is 0 Å². The van der Waals surface area contributed by atoms with Crippen molar-refractivity contribution in [3.05, 3.63) is 61.9 Å². The highest BCUT2D eigenvalue weighted by molar-refractivity contribution is 6.02. The number of H-pyrrole nitrogens is 2. The molecule has 6 nitrogen and oxygen atoms in total. The summed E-state index contributed by atoms with van der Waals surface area (Å²) in [6.07, 6.45) is 0. The molecule has 0 saturated heterocycles. The second kappa shape index (κ2) is 4.93. The maximum Gasteiger partial charge on any atom is 0.326 e. The topological polar surface area (TPSA) is 94.8 Å². The smallest absolute Gasteiger partial charge is 0.321 e. The summed E-state index contributed by atoms with van der Waals surface area (Å²) >= 11 is 0. The van der Waals surface area contributed by atoms with Crippen molar-refractivity contribution >= 4 is 11.6 Å². The molecular weight excluding hydrogens is 246 g/mol. The number of nitrogens with one attached hydrogen (secondary N) is 3. The van der Waals surface area contributed by atoms with E-state index in [1.807, 2.05) is 24.9 Å². The molecule has 6 heteroatoms. The van der Waals surface area contributed by atoms with Crippen molar-refractivity contribution in [2.75, 3.05) is 5.32 Å². The molecule has 2 rings (SSSR count). The highest BCUT2D eigenvalue weighted by Gasteiger charge is 2.08. The van der Waals surface area contributed by atoms with Crippen LogP contribution in [0.5, 0.6) is 0 Å². The Labute approximate surface area is 108 Å². The normalized spacial score (nSPS) is 10.2. The zero-order chi connectivity index (χ0) is 14.0. The van der Waals surface area contributed by atoms with Gasteiger partial charge in [-0.2, -0.15) is 0 Å². The lowest BCUT2D eigenvalue weighted by Crippen LogP contribution is -2.27. The molecule has 1 aromatic heterocycles. The van der Waals surface area contributed by atoms with Crippen LogP contribution in [0.25, 0.3) is 0 Å². The maximum absolute atomic E-state index is 11.9. The van der Waals surface area contributed by atoms with Gasteiger partial charge in [-0.05, 0) is 37.1 Å². The zero-order valence-corrected chi connectivity index (χ0v) is 10.5. The van der Waals surface area contributed by atoms with E-state index in [9.17, 15) is 14.4 Å². The van der Waals surface area contributed by atoms with Crippen molar-refractivity contribution in [1.82, 2.24) is 9.97 Å². The first-order valence-corrected chi connectivity index (χ1v) is 5.67. The van der Waals surface area contributed by atoms with Crippen LogP contribution >= 0.6 is 0 Å². The van der Waals surface area contributed by atoms with Crippen LogP contribution in [0.15, 0.2) is 33.9 Å². The molecule has 2 aromatic rings. The fourth-order valence-corrected chi connectivity index (χ4v) is 1.84. The van der Waals surface area contributed by atoms with Gasteiger partial charge in [0.2, 0.25) is 0 Å². The molecule has 0 unspecified atom stereocenters. The lowest BCUT2D eigenvalue weighted by atomic mass is 10.1. The Morgan fingerprint density at radius 2 is 1.63 bits per heavy atom. The molecular formula is C13H13N3O3. The van der Waals surface area contributed by atoms with Gasteiger partial charge in [-0.3, -0.25) is 14.6 Å². The minimum Gasteiger partial charge on any atom is -0.321 e. The van der Waals surface area contributed by atoms with Crippen molar-refractivity contribution < 1.29 is 4.79 Å². The molecule has 0 radical (unpaired) electrons. The molecule has 1 heterocycles. The zero-order valence-electron chi connectivity index (χ0n) is 10.5. The molecule has 3 N–H and O–H groups in total. The first kappa shape index (κ1) is 12.8. The first-order chi connectivity index (χ1) is 8.94. The van der Waals surface area contributed by atoms with Crippen LogP contribution in [0.4, 0.5) is 5.69 Å². The fraction of sp³-hybridized carbons (Fsp3) is 0.154. The van der Waals surface area contributed by atoms with Crippen LogP contribution in [-0.2, 0) is 0 Å². The van der Waals surface area contributed by atoms with Crippen LogP contribution in [0.3, 0.4) is 0 Å². The highest BCUT2D eigenvalue weighted by atomic mass is 16.2. The quantitative estimate of drug-likeness (QED) is 0.748. The Morgan fingerprint density at radius 3 is 2.21 bits per heavy atom. The maximum atomic E-state index is 11.9. The molecule has 98 valence electrons. The number of aryl methyl sites for hydroxylation is 2. The van der Waals surface area contributed by atoms with E-state index in [1.54, 1.807) is 12.1 Å². The van der Waals surface area contributed by atoms with Gasteiger partial charge in [0.25, 0.3) is 11.5 Å². The van der Waals surface area contributed by atoms with E-state index < -0.39 is 17.2 Å². The van der Waals surface area contributed by atoms with Gasteiger partial charge >= 0.3 is 5.69 Å². The van der Waals surface area contributed by atoms with Gasteiger partial charge in [0.1, 0.15) is 5.69 Å². The third-order valence-corrected chi connectivity index (χ3v) is 2.48. The lowest BCUT2D eigenvalue weighted by Gasteiger charge is -2.07. The lowest BCUT2D eigenvalue weighted by molar-refractivity contribution is 0.102. The average Bonchev–Trinajstić information content (AvgIpc) is 2.25. The predicted octanol–water partition coefficient (Wildman–Crippen LogP) is 0.932. The monoisotopic (exact) mass is 259 g/mol. The molecule has 0 fully saturated rings. The molecule has 0 saturated carbocycles. The van der Waals surface area contributed by atoms with Crippen molar-refractivity contribution in [2.45, 2.75) is 13.8 Å². The number of rotatable bonds is 2. The van der Waals surface area contributed by atoms with Crippen molar-refractivity contribution in [3.63, 3.8) is 0 Å². The number of amides is 1. The summed E-state index contributed by atoms with van der Waals surface area (Å²) < 4.78 is 0. The summed E-state index contributed by atoms with van der Waals surface area (Å²) in [4.78, 5) is 38.4. The minimum absolute atomic E-state index is 0.0760. The Kier molecular flexibility index (Phi) is 3.33. The van der Waals surface area contributed by atoms with Crippen LogP contribution < -0.4 is 16.6 Å². The summed E-state index contributed by atoms with van der Waals surface area (Å²) in [5, 5.41) is 2.63. The summed E-state index contributed by atoms with van der Waals surface area (Å²) in [7, 11) is 0. The van der Waals surface area contributed by atoms with Crippen molar-refractivity contribution in [2.24, 2.45) is 0 Å². The summed E-state index contributed by atoms with van der Waals surface area (Å²) in [5.41, 5.74) is 1.23. The van der Waals surface area contributed by atoms with Gasteiger partial charge in [0.15, 0.2) is 0 Å². The SMILES string of the molecule is Cc1cc(C)cc(NC(=O)c2cc(=O)[nH]c(=O)[nH]2)c1. The van der Waals surface area contributed by atoms with Gasteiger partial charge in [0.05, 0.1) is 0 Å². The molecule has 19 heavy (non-hydrogen) atoms. The van der Waals surface area contributed by atoms with E-state index in [0.29, 0.717) is 5.69 Å². The van der Waals surface area contributed by atoms with Gasteiger partial charge in [0, 0.05) is 11.8 Å². The number of hydrogen-bond acceptors (Lipinski definition) is 3. The van der Waals surface area contributed by atoms with Crippen LogP contribution in [-0.4, -0.2) is 15.9 Å². The first-order valence-electron chi connectivity index (χ1n) is 5.67. The number of carbonyl (C=O) groups excluding carboxylic acids is 1. The van der Waals surface area contributed by atoms with E-state index in [-0.39, 0.29) is 5.69 Å². The summed E-state index contributed by atoms with van der Waals surface area (Å²) in [6, 6.07) is 6.62. The van der Waals surface area contributed by atoms with E-state index in [4.69, 9.17) is 0 Å².